The van der Waals surface area contributed by atoms with Crippen LogP contribution in [0.25, 0.3) is 0 Å². The Labute approximate surface area is 128 Å². The zero-order valence-electron chi connectivity index (χ0n) is 13.4. The Bertz CT molecular complexity index is 465. The SMILES string of the molecule is CCc1cc(CN)cc(N2CC3CCCCN3CC2C)n1. The molecular weight excluding hydrogens is 260 g/mol. The van der Waals surface area contributed by atoms with E-state index in [1.54, 1.807) is 0 Å². The zero-order valence-corrected chi connectivity index (χ0v) is 13.4. The van der Waals surface area contributed by atoms with Gasteiger partial charge in [-0.15, -0.1) is 0 Å². The second-order valence-electron chi connectivity index (χ2n) is 6.53. The summed E-state index contributed by atoms with van der Waals surface area (Å²) in [5.41, 5.74) is 8.22. The summed E-state index contributed by atoms with van der Waals surface area (Å²) in [7, 11) is 0. The highest BCUT2D eigenvalue weighted by Gasteiger charge is 2.33. The molecule has 0 amide bonds. The van der Waals surface area contributed by atoms with Crippen LogP contribution in [0.5, 0.6) is 0 Å². The van der Waals surface area contributed by atoms with Crippen LogP contribution in [0, 0.1) is 0 Å². The number of hydrogen-bond donors (Lipinski definition) is 1. The fraction of sp³-hybridized carbons (Fsp3) is 0.706. The summed E-state index contributed by atoms with van der Waals surface area (Å²) in [4.78, 5) is 10.0. The Morgan fingerprint density at radius 2 is 2.14 bits per heavy atom. The molecular formula is C17H28N4. The summed E-state index contributed by atoms with van der Waals surface area (Å²) in [6, 6.07) is 5.58. The summed E-state index contributed by atoms with van der Waals surface area (Å²) < 4.78 is 0. The molecule has 3 heterocycles. The van der Waals surface area contributed by atoms with E-state index < -0.39 is 0 Å². The second-order valence-corrected chi connectivity index (χ2v) is 6.53. The number of anilines is 1. The van der Waals surface area contributed by atoms with E-state index >= 15 is 0 Å². The molecule has 2 atom stereocenters. The molecule has 4 heteroatoms. The third-order valence-electron chi connectivity index (χ3n) is 5.00. The molecule has 0 bridgehead atoms. The number of aryl methyl sites for hydroxylation is 1. The van der Waals surface area contributed by atoms with Crippen LogP contribution in [-0.4, -0.2) is 41.6 Å². The van der Waals surface area contributed by atoms with E-state index in [9.17, 15) is 0 Å². The predicted molar refractivity (Wildman–Crippen MR) is 87.5 cm³/mol. The lowest BCUT2D eigenvalue weighted by Gasteiger charge is -2.48. The average molecular weight is 288 g/mol. The van der Waals surface area contributed by atoms with Crippen molar-refractivity contribution in [3.8, 4) is 0 Å². The third-order valence-corrected chi connectivity index (χ3v) is 5.00. The van der Waals surface area contributed by atoms with Crippen LogP contribution in [0.2, 0.25) is 0 Å². The van der Waals surface area contributed by atoms with Gasteiger partial charge in [0.15, 0.2) is 0 Å². The van der Waals surface area contributed by atoms with Crippen molar-refractivity contribution in [2.75, 3.05) is 24.5 Å². The summed E-state index contributed by atoms with van der Waals surface area (Å²) in [6.45, 7) is 8.65. The minimum Gasteiger partial charge on any atom is -0.351 e. The molecule has 0 radical (unpaired) electrons. The van der Waals surface area contributed by atoms with Gasteiger partial charge in [-0.3, -0.25) is 4.90 Å². The molecule has 4 nitrogen and oxygen atoms in total. The minimum absolute atomic E-state index is 0.532. The van der Waals surface area contributed by atoms with Gasteiger partial charge >= 0.3 is 0 Å². The molecule has 0 spiro atoms. The predicted octanol–water partition coefficient (Wildman–Crippen LogP) is 2.17. The molecule has 2 aliphatic heterocycles. The number of piperazine rings is 1. The molecule has 2 saturated heterocycles. The Kier molecular flexibility index (Phi) is 4.45. The first-order chi connectivity index (χ1) is 10.2. The van der Waals surface area contributed by atoms with Crippen LogP contribution in [0.1, 0.15) is 44.4 Å². The van der Waals surface area contributed by atoms with Gasteiger partial charge in [-0.25, -0.2) is 4.98 Å². The first-order valence-corrected chi connectivity index (χ1v) is 8.42. The standard InChI is InChI=1S/C17H28N4/c1-3-15-8-14(10-18)9-17(19-15)21-12-16-6-4-5-7-20(16)11-13(21)2/h8-9,13,16H,3-7,10-12,18H2,1-2H3. The van der Waals surface area contributed by atoms with E-state index in [-0.39, 0.29) is 0 Å². The van der Waals surface area contributed by atoms with Crippen LogP contribution in [0.4, 0.5) is 5.82 Å². The molecule has 2 N–H and O–H groups in total. The maximum atomic E-state index is 5.86. The quantitative estimate of drug-likeness (QED) is 0.926. The first kappa shape index (κ1) is 14.8. The maximum absolute atomic E-state index is 5.86. The molecule has 21 heavy (non-hydrogen) atoms. The third kappa shape index (κ3) is 3.06. The second kappa shape index (κ2) is 6.32. The van der Waals surface area contributed by atoms with Gasteiger partial charge in [0.25, 0.3) is 0 Å². The largest absolute Gasteiger partial charge is 0.351 e. The average Bonchev–Trinajstić information content (AvgIpc) is 2.53. The van der Waals surface area contributed by atoms with E-state index in [2.05, 4.69) is 35.8 Å². The normalized spacial score (nSPS) is 26.7. The lowest BCUT2D eigenvalue weighted by atomic mass is 9.97. The van der Waals surface area contributed by atoms with E-state index in [4.69, 9.17) is 10.7 Å². The molecule has 2 fully saturated rings. The minimum atomic E-state index is 0.532. The highest BCUT2D eigenvalue weighted by Crippen LogP contribution is 2.28. The molecule has 2 unspecified atom stereocenters. The fourth-order valence-corrected chi connectivity index (χ4v) is 3.75. The molecule has 116 valence electrons. The number of pyridine rings is 1. The van der Waals surface area contributed by atoms with Crippen LogP contribution in [0.15, 0.2) is 12.1 Å². The van der Waals surface area contributed by atoms with Gasteiger partial charge in [0.05, 0.1) is 0 Å². The highest BCUT2D eigenvalue weighted by molar-refractivity contribution is 5.45. The van der Waals surface area contributed by atoms with Crippen LogP contribution < -0.4 is 10.6 Å². The lowest BCUT2D eigenvalue weighted by Crippen LogP contribution is -2.59. The van der Waals surface area contributed by atoms with E-state index in [1.807, 2.05) is 0 Å². The van der Waals surface area contributed by atoms with Crippen molar-refractivity contribution in [2.24, 2.45) is 5.73 Å². The van der Waals surface area contributed by atoms with Gasteiger partial charge < -0.3 is 10.6 Å². The van der Waals surface area contributed by atoms with Crippen LogP contribution in [0.3, 0.4) is 0 Å². The van der Waals surface area contributed by atoms with Gasteiger partial charge in [0.2, 0.25) is 0 Å². The number of nitrogens with two attached hydrogens (primary N) is 1. The molecule has 1 aromatic heterocycles. The first-order valence-electron chi connectivity index (χ1n) is 8.42. The fourth-order valence-electron chi connectivity index (χ4n) is 3.75. The molecule has 1 aromatic rings. The summed E-state index contributed by atoms with van der Waals surface area (Å²) in [5.74, 6) is 1.13. The highest BCUT2D eigenvalue weighted by atomic mass is 15.3. The number of nitrogens with zero attached hydrogens (tertiary/aromatic N) is 3. The Hall–Kier alpha value is -1.13. The van der Waals surface area contributed by atoms with Crippen LogP contribution in [-0.2, 0) is 13.0 Å². The van der Waals surface area contributed by atoms with Crippen molar-refractivity contribution in [1.82, 2.24) is 9.88 Å². The molecule has 0 aliphatic carbocycles. The van der Waals surface area contributed by atoms with Crippen LogP contribution >= 0.6 is 0 Å². The van der Waals surface area contributed by atoms with E-state index in [0.29, 0.717) is 18.6 Å². The van der Waals surface area contributed by atoms with E-state index in [1.165, 1.54) is 37.9 Å². The Morgan fingerprint density at radius 3 is 2.90 bits per heavy atom. The molecule has 0 saturated carbocycles. The monoisotopic (exact) mass is 288 g/mol. The number of hydrogen-bond acceptors (Lipinski definition) is 4. The topological polar surface area (TPSA) is 45.4 Å². The van der Waals surface area contributed by atoms with Gasteiger partial charge in [-0.1, -0.05) is 13.3 Å². The number of piperidine rings is 1. The van der Waals surface area contributed by atoms with Crippen molar-refractivity contribution >= 4 is 5.82 Å². The van der Waals surface area contributed by atoms with Crippen molar-refractivity contribution in [3.05, 3.63) is 23.4 Å². The Morgan fingerprint density at radius 1 is 1.29 bits per heavy atom. The molecule has 0 aromatic carbocycles. The molecule has 2 aliphatic rings. The molecule has 3 rings (SSSR count). The van der Waals surface area contributed by atoms with Gasteiger partial charge in [0, 0.05) is 37.4 Å². The number of aromatic nitrogens is 1. The van der Waals surface area contributed by atoms with Crippen molar-refractivity contribution < 1.29 is 0 Å². The summed E-state index contributed by atoms with van der Waals surface area (Å²) in [5, 5.41) is 0. The smallest absolute Gasteiger partial charge is 0.129 e. The van der Waals surface area contributed by atoms with Gasteiger partial charge in [-0.2, -0.15) is 0 Å². The van der Waals surface area contributed by atoms with Gasteiger partial charge in [0.1, 0.15) is 5.82 Å². The zero-order chi connectivity index (χ0) is 14.8. The summed E-state index contributed by atoms with van der Waals surface area (Å²) in [6.07, 6.45) is 5.04. The summed E-state index contributed by atoms with van der Waals surface area (Å²) >= 11 is 0. The number of rotatable bonds is 3. The number of fused-ring (bicyclic) bond motifs is 1. The van der Waals surface area contributed by atoms with Crippen molar-refractivity contribution in [2.45, 2.75) is 58.2 Å². The Balaban J connectivity index is 1.85. The van der Waals surface area contributed by atoms with E-state index in [0.717, 1.165) is 24.5 Å². The van der Waals surface area contributed by atoms with Crippen molar-refractivity contribution in [3.63, 3.8) is 0 Å². The maximum Gasteiger partial charge on any atom is 0.129 e. The lowest BCUT2D eigenvalue weighted by molar-refractivity contribution is 0.115. The van der Waals surface area contributed by atoms with Crippen molar-refractivity contribution in [1.29, 1.82) is 0 Å². The van der Waals surface area contributed by atoms with Gasteiger partial charge in [-0.05, 0) is 50.4 Å².